The normalized spacial score (nSPS) is 20.9. The van der Waals surface area contributed by atoms with E-state index in [1.807, 2.05) is 0 Å². The van der Waals surface area contributed by atoms with Crippen LogP contribution in [0, 0.1) is 11.8 Å². The van der Waals surface area contributed by atoms with Crippen LogP contribution >= 0.6 is 0 Å². The summed E-state index contributed by atoms with van der Waals surface area (Å²) in [7, 11) is 2.52. The molecule has 0 unspecified atom stereocenters. The number of amides is 1. The Hall–Kier alpha value is -1.63. The molecular weight excluding hydrogens is 266 g/mol. The Morgan fingerprint density at radius 2 is 2.00 bits per heavy atom. The quantitative estimate of drug-likeness (QED) is 0.685. The van der Waals surface area contributed by atoms with Crippen LogP contribution in [0.5, 0.6) is 0 Å². The van der Waals surface area contributed by atoms with Crippen LogP contribution in [-0.4, -0.2) is 51.3 Å². The first-order chi connectivity index (χ1) is 9.49. The number of hydrogen-bond donors (Lipinski definition) is 1. The molecule has 1 aliphatic rings. The number of methoxy groups -OCH3 is 2. The van der Waals surface area contributed by atoms with Gasteiger partial charge in [-0.2, -0.15) is 0 Å². The lowest BCUT2D eigenvalue weighted by Gasteiger charge is -2.23. The summed E-state index contributed by atoms with van der Waals surface area (Å²) in [6.45, 7) is 2.58. The molecule has 0 spiro atoms. The highest BCUT2D eigenvalue weighted by Crippen LogP contribution is 2.15. The van der Waals surface area contributed by atoms with Gasteiger partial charge < -0.3 is 19.5 Å². The Morgan fingerprint density at radius 3 is 2.50 bits per heavy atom. The number of ether oxygens (including phenoxy) is 3. The van der Waals surface area contributed by atoms with Crippen LogP contribution in [0.25, 0.3) is 0 Å². The average Bonchev–Trinajstić information content (AvgIpc) is 2.97. The third-order valence-corrected chi connectivity index (χ3v) is 3.34. The highest BCUT2D eigenvalue weighted by molar-refractivity contribution is 5.86. The summed E-state index contributed by atoms with van der Waals surface area (Å²) in [5, 5.41) is 2.64. The molecule has 1 fully saturated rings. The predicted molar refractivity (Wildman–Crippen MR) is 68.7 cm³/mol. The van der Waals surface area contributed by atoms with Gasteiger partial charge in [-0.15, -0.1) is 0 Å². The average molecular weight is 287 g/mol. The van der Waals surface area contributed by atoms with Crippen molar-refractivity contribution in [1.29, 1.82) is 0 Å². The van der Waals surface area contributed by atoms with Crippen LogP contribution in [0.15, 0.2) is 0 Å². The summed E-state index contributed by atoms with van der Waals surface area (Å²) in [5.74, 6) is -1.94. The molecule has 114 valence electrons. The van der Waals surface area contributed by atoms with Gasteiger partial charge in [0.05, 0.1) is 33.2 Å². The highest BCUT2D eigenvalue weighted by atomic mass is 16.5. The number of rotatable bonds is 6. The molecule has 0 aromatic rings. The van der Waals surface area contributed by atoms with Crippen molar-refractivity contribution in [1.82, 2.24) is 5.32 Å². The Kier molecular flexibility index (Phi) is 6.44. The monoisotopic (exact) mass is 287 g/mol. The maximum atomic E-state index is 12.0. The first kappa shape index (κ1) is 16.4. The van der Waals surface area contributed by atoms with Crippen LogP contribution in [0.2, 0.25) is 0 Å². The Balaban J connectivity index is 2.65. The summed E-state index contributed by atoms with van der Waals surface area (Å²) >= 11 is 0. The van der Waals surface area contributed by atoms with E-state index >= 15 is 0 Å². The van der Waals surface area contributed by atoms with Gasteiger partial charge in [0.1, 0.15) is 6.04 Å². The lowest BCUT2D eigenvalue weighted by Crippen LogP contribution is -2.48. The second kappa shape index (κ2) is 7.84. The second-order valence-electron chi connectivity index (χ2n) is 4.83. The lowest BCUT2D eigenvalue weighted by molar-refractivity contribution is -0.149. The zero-order valence-corrected chi connectivity index (χ0v) is 12.0. The zero-order chi connectivity index (χ0) is 15.1. The van der Waals surface area contributed by atoms with Gasteiger partial charge in [-0.1, -0.05) is 6.92 Å². The van der Waals surface area contributed by atoms with E-state index in [1.54, 1.807) is 6.92 Å². The third-order valence-electron chi connectivity index (χ3n) is 3.34. The van der Waals surface area contributed by atoms with E-state index in [0.29, 0.717) is 19.6 Å². The van der Waals surface area contributed by atoms with Crippen molar-refractivity contribution in [2.45, 2.75) is 25.8 Å². The minimum atomic E-state index is -0.868. The lowest BCUT2D eigenvalue weighted by atomic mass is 9.97. The Bertz CT molecular complexity index is 364. The standard InChI is InChI=1S/C13H21NO6/c1-8(6-10(15)18-2)11(13(17)19-3)14-12(16)9-4-5-20-7-9/h8-9,11H,4-7H2,1-3H3,(H,14,16)/t8-,9+,11-/m1/s1. The molecule has 1 aliphatic heterocycles. The highest BCUT2D eigenvalue weighted by Gasteiger charge is 2.32. The zero-order valence-electron chi connectivity index (χ0n) is 12.0. The molecule has 0 bridgehead atoms. The fourth-order valence-corrected chi connectivity index (χ4v) is 2.04. The molecule has 0 radical (unpaired) electrons. The van der Waals surface area contributed by atoms with Gasteiger partial charge in [0.25, 0.3) is 0 Å². The molecule has 0 saturated carbocycles. The smallest absolute Gasteiger partial charge is 0.328 e. The maximum absolute atomic E-state index is 12.0. The van der Waals surface area contributed by atoms with E-state index in [-0.39, 0.29) is 18.2 Å². The molecule has 0 aliphatic carbocycles. The van der Waals surface area contributed by atoms with E-state index in [4.69, 9.17) is 4.74 Å². The summed E-state index contributed by atoms with van der Waals surface area (Å²) in [6.07, 6.45) is 0.656. The molecule has 7 nitrogen and oxygen atoms in total. The summed E-state index contributed by atoms with van der Waals surface area (Å²) < 4.78 is 14.4. The molecule has 20 heavy (non-hydrogen) atoms. The van der Waals surface area contributed by atoms with Gasteiger partial charge >= 0.3 is 11.9 Å². The van der Waals surface area contributed by atoms with Crippen LogP contribution in [-0.2, 0) is 28.6 Å². The van der Waals surface area contributed by atoms with Crippen LogP contribution in [0.1, 0.15) is 19.8 Å². The summed E-state index contributed by atoms with van der Waals surface area (Å²) in [6, 6.07) is -0.868. The van der Waals surface area contributed by atoms with Crippen molar-refractivity contribution < 1.29 is 28.6 Å². The van der Waals surface area contributed by atoms with Crippen LogP contribution in [0.3, 0.4) is 0 Å². The van der Waals surface area contributed by atoms with Crippen LogP contribution < -0.4 is 5.32 Å². The summed E-state index contributed by atoms with van der Waals surface area (Å²) in [4.78, 5) is 35.0. The van der Waals surface area contributed by atoms with Gasteiger partial charge in [0.2, 0.25) is 5.91 Å². The van der Waals surface area contributed by atoms with Gasteiger partial charge in [0, 0.05) is 6.61 Å². The predicted octanol–water partition coefficient (Wildman–Crippen LogP) is -0.120. The first-order valence-corrected chi connectivity index (χ1v) is 6.52. The number of carbonyl (C=O) groups is 3. The minimum Gasteiger partial charge on any atom is -0.469 e. The van der Waals surface area contributed by atoms with E-state index in [1.165, 1.54) is 14.2 Å². The minimum absolute atomic E-state index is 0.0255. The molecule has 1 heterocycles. The maximum Gasteiger partial charge on any atom is 0.328 e. The van der Waals surface area contributed by atoms with Crippen molar-refractivity contribution in [3.05, 3.63) is 0 Å². The first-order valence-electron chi connectivity index (χ1n) is 6.52. The van der Waals surface area contributed by atoms with Crippen molar-refractivity contribution in [2.75, 3.05) is 27.4 Å². The molecule has 7 heteroatoms. The Morgan fingerprint density at radius 1 is 1.30 bits per heavy atom. The number of hydrogen-bond acceptors (Lipinski definition) is 6. The third kappa shape index (κ3) is 4.48. The van der Waals surface area contributed by atoms with E-state index in [9.17, 15) is 14.4 Å². The van der Waals surface area contributed by atoms with Crippen molar-refractivity contribution in [3.8, 4) is 0 Å². The number of nitrogens with one attached hydrogen (secondary N) is 1. The van der Waals surface area contributed by atoms with Crippen LogP contribution in [0.4, 0.5) is 0 Å². The fraction of sp³-hybridized carbons (Fsp3) is 0.769. The number of carbonyl (C=O) groups excluding carboxylic acids is 3. The Labute approximate surface area is 117 Å². The molecule has 1 N–H and O–H groups in total. The van der Waals surface area contributed by atoms with E-state index in [2.05, 4.69) is 14.8 Å². The van der Waals surface area contributed by atoms with Gasteiger partial charge in [-0.25, -0.2) is 4.79 Å². The molecule has 1 rings (SSSR count). The largest absolute Gasteiger partial charge is 0.469 e. The van der Waals surface area contributed by atoms with E-state index in [0.717, 1.165) is 0 Å². The van der Waals surface area contributed by atoms with Gasteiger partial charge in [0.15, 0.2) is 0 Å². The molecular formula is C13H21NO6. The molecule has 3 atom stereocenters. The van der Waals surface area contributed by atoms with Crippen molar-refractivity contribution in [3.63, 3.8) is 0 Å². The second-order valence-corrected chi connectivity index (χ2v) is 4.83. The van der Waals surface area contributed by atoms with Crippen molar-refractivity contribution in [2.24, 2.45) is 11.8 Å². The molecule has 0 aromatic heterocycles. The molecule has 0 aromatic carbocycles. The van der Waals surface area contributed by atoms with E-state index < -0.39 is 23.9 Å². The SMILES string of the molecule is COC(=O)C[C@@H](C)[C@@H](NC(=O)[C@H]1CCOC1)C(=O)OC. The number of esters is 2. The topological polar surface area (TPSA) is 90.9 Å². The molecule has 1 saturated heterocycles. The summed E-state index contributed by atoms with van der Waals surface area (Å²) in [5.41, 5.74) is 0. The molecule has 1 amide bonds. The fourth-order valence-electron chi connectivity index (χ4n) is 2.04. The van der Waals surface area contributed by atoms with Gasteiger partial charge in [-0.05, 0) is 12.3 Å². The van der Waals surface area contributed by atoms with Gasteiger partial charge in [-0.3, -0.25) is 9.59 Å². The van der Waals surface area contributed by atoms with Crippen molar-refractivity contribution >= 4 is 17.8 Å².